The van der Waals surface area contributed by atoms with Crippen LogP contribution in [0.15, 0.2) is 24.8 Å². The Bertz CT molecular complexity index is 442. The van der Waals surface area contributed by atoms with Gasteiger partial charge in [-0.15, -0.1) is 0 Å². The summed E-state index contributed by atoms with van der Waals surface area (Å²) in [5.41, 5.74) is 6.45. The Balaban J connectivity index is 2.50. The van der Waals surface area contributed by atoms with Crippen LogP contribution in [0.25, 0.3) is 11.4 Å². The van der Waals surface area contributed by atoms with Crippen molar-refractivity contribution in [3.63, 3.8) is 0 Å². The highest BCUT2D eigenvalue weighted by Crippen LogP contribution is 2.20. The molecule has 0 aliphatic heterocycles. The van der Waals surface area contributed by atoms with Crippen molar-refractivity contribution in [1.82, 2.24) is 19.9 Å². The monoisotopic (exact) mass is 207 g/mol. The molecule has 0 radical (unpaired) electrons. The summed E-state index contributed by atoms with van der Waals surface area (Å²) in [5.74, 6) is 0.355. The summed E-state index contributed by atoms with van der Waals surface area (Å²) >= 11 is 5.83. The molecule has 2 rings (SSSR count). The third-order valence-corrected chi connectivity index (χ3v) is 1.84. The number of halogens is 1. The molecule has 70 valence electrons. The number of nitrogens with two attached hydrogens (primary N) is 1. The molecule has 0 saturated carbocycles. The van der Waals surface area contributed by atoms with E-state index in [0.717, 1.165) is 0 Å². The smallest absolute Gasteiger partial charge is 0.156 e. The number of nitrogens with zero attached hydrogens (tertiary/aromatic N) is 4. The molecule has 0 bridgehead atoms. The molecule has 6 heteroatoms. The second kappa shape index (κ2) is 3.55. The van der Waals surface area contributed by atoms with Crippen molar-refractivity contribution in [3.05, 3.63) is 29.9 Å². The van der Waals surface area contributed by atoms with Gasteiger partial charge in [0.2, 0.25) is 0 Å². The largest absolute Gasteiger partial charge is 0.382 e. The van der Waals surface area contributed by atoms with Crippen LogP contribution in [0.3, 0.4) is 0 Å². The predicted octanol–water partition coefficient (Wildman–Crippen LogP) is 1.17. The Hall–Kier alpha value is -1.75. The minimum atomic E-state index is 0.298. The van der Waals surface area contributed by atoms with Crippen LogP contribution in [0.4, 0.5) is 5.82 Å². The lowest BCUT2D eigenvalue weighted by Gasteiger charge is -2.00. The van der Waals surface area contributed by atoms with E-state index in [4.69, 9.17) is 17.3 Å². The maximum absolute atomic E-state index is 5.83. The number of anilines is 1. The van der Waals surface area contributed by atoms with E-state index in [2.05, 4.69) is 19.9 Å². The molecule has 14 heavy (non-hydrogen) atoms. The molecule has 2 N–H and O–H groups in total. The summed E-state index contributed by atoms with van der Waals surface area (Å²) < 4.78 is 0. The van der Waals surface area contributed by atoms with Crippen LogP contribution in [0.1, 0.15) is 0 Å². The molecule has 0 aromatic carbocycles. The van der Waals surface area contributed by atoms with Crippen LogP contribution in [-0.4, -0.2) is 19.9 Å². The lowest BCUT2D eigenvalue weighted by molar-refractivity contribution is 1.15. The van der Waals surface area contributed by atoms with E-state index in [-0.39, 0.29) is 0 Å². The zero-order valence-electron chi connectivity index (χ0n) is 7.05. The maximum atomic E-state index is 5.83. The fourth-order valence-electron chi connectivity index (χ4n) is 0.953. The van der Waals surface area contributed by atoms with Gasteiger partial charge >= 0.3 is 0 Å². The lowest BCUT2D eigenvalue weighted by atomic mass is 10.3. The summed E-state index contributed by atoms with van der Waals surface area (Å²) in [7, 11) is 0. The van der Waals surface area contributed by atoms with E-state index in [1.807, 2.05) is 0 Å². The molecule has 0 spiro atoms. The third-order valence-electron chi connectivity index (χ3n) is 1.57. The fourth-order valence-corrected chi connectivity index (χ4v) is 1.16. The van der Waals surface area contributed by atoms with Crippen LogP contribution in [0.2, 0.25) is 5.15 Å². The average molecular weight is 208 g/mol. The molecule has 5 nitrogen and oxygen atoms in total. The van der Waals surface area contributed by atoms with Gasteiger partial charge in [-0.25, -0.2) is 19.9 Å². The van der Waals surface area contributed by atoms with E-state index in [9.17, 15) is 0 Å². The van der Waals surface area contributed by atoms with Gasteiger partial charge in [0.15, 0.2) is 5.15 Å². The summed E-state index contributed by atoms with van der Waals surface area (Å²) in [5, 5.41) is 0.298. The molecule has 2 aromatic heterocycles. The molecule has 2 aromatic rings. The first-order valence-electron chi connectivity index (χ1n) is 3.82. The van der Waals surface area contributed by atoms with Crippen LogP contribution in [-0.2, 0) is 0 Å². The number of nitrogen functional groups attached to an aromatic ring is 1. The summed E-state index contributed by atoms with van der Waals surface area (Å²) in [6.07, 6.45) is 6.00. The number of aromatic nitrogens is 4. The van der Waals surface area contributed by atoms with Gasteiger partial charge in [0.05, 0.1) is 12.4 Å². The highest BCUT2D eigenvalue weighted by molar-refractivity contribution is 6.31. The van der Waals surface area contributed by atoms with E-state index < -0.39 is 0 Å². The standard InChI is InChI=1S/C8H6ClN5/c9-8-7(11-1-2-12-8)5-3-14-6(10)4-13-5/h1-4H,(H2,10,14). The van der Waals surface area contributed by atoms with Crippen molar-refractivity contribution in [1.29, 1.82) is 0 Å². The van der Waals surface area contributed by atoms with Gasteiger partial charge in [0.1, 0.15) is 17.2 Å². The Morgan fingerprint density at radius 2 is 1.79 bits per heavy atom. The quantitative estimate of drug-likeness (QED) is 0.760. The van der Waals surface area contributed by atoms with Crippen molar-refractivity contribution in [3.8, 4) is 11.4 Å². The highest BCUT2D eigenvalue weighted by Gasteiger charge is 2.06. The Labute approximate surface area is 85.0 Å². The minimum Gasteiger partial charge on any atom is -0.382 e. The Morgan fingerprint density at radius 1 is 1.00 bits per heavy atom. The first kappa shape index (κ1) is 8.83. The zero-order chi connectivity index (χ0) is 9.97. The van der Waals surface area contributed by atoms with Gasteiger partial charge < -0.3 is 5.73 Å². The molecule has 0 fully saturated rings. The average Bonchev–Trinajstić information content (AvgIpc) is 2.20. The lowest BCUT2D eigenvalue weighted by Crippen LogP contribution is -1.95. The van der Waals surface area contributed by atoms with E-state index in [1.54, 1.807) is 6.20 Å². The molecular weight excluding hydrogens is 202 g/mol. The number of rotatable bonds is 1. The molecule has 2 heterocycles. The van der Waals surface area contributed by atoms with E-state index >= 15 is 0 Å². The molecule has 0 atom stereocenters. The van der Waals surface area contributed by atoms with Crippen molar-refractivity contribution in [2.45, 2.75) is 0 Å². The molecule has 0 aliphatic carbocycles. The van der Waals surface area contributed by atoms with Crippen molar-refractivity contribution < 1.29 is 0 Å². The van der Waals surface area contributed by atoms with E-state index in [0.29, 0.717) is 22.4 Å². The molecule has 0 saturated heterocycles. The second-order valence-corrected chi connectivity index (χ2v) is 2.88. The third kappa shape index (κ3) is 1.62. The van der Waals surface area contributed by atoms with Gasteiger partial charge in [0, 0.05) is 12.4 Å². The molecular formula is C8H6ClN5. The van der Waals surface area contributed by atoms with Gasteiger partial charge in [0.25, 0.3) is 0 Å². The topological polar surface area (TPSA) is 77.6 Å². The fraction of sp³-hybridized carbons (Fsp3) is 0. The second-order valence-electron chi connectivity index (χ2n) is 2.52. The van der Waals surface area contributed by atoms with Crippen LogP contribution < -0.4 is 5.73 Å². The van der Waals surface area contributed by atoms with Crippen molar-refractivity contribution in [2.75, 3.05) is 5.73 Å². The minimum absolute atomic E-state index is 0.298. The number of hydrogen-bond acceptors (Lipinski definition) is 5. The van der Waals surface area contributed by atoms with Crippen molar-refractivity contribution >= 4 is 17.4 Å². The van der Waals surface area contributed by atoms with Gasteiger partial charge in [-0.2, -0.15) is 0 Å². The number of hydrogen-bond donors (Lipinski definition) is 1. The zero-order valence-corrected chi connectivity index (χ0v) is 7.81. The highest BCUT2D eigenvalue weighted by atomic mass is 35.5. The van der Waals surface area contributed by atoms with E-state index in [1.165, 1.54) is 18.6 Å². The molecule has 0 unspecified atom stereocenters. The molecule has 0 aliphatic rings. The van der Waals surface area contributed by atoms with Gasteiger partial charge in [-0.05, 0) is 0 Å². The first-order chi connectivity index (χ1) is 6.77. The van der Waals surface area contributed by atoms with Gasteiger partial charge in [-0.1, -0.05) is 11.6 Å². The van der Waals surface area contributed by atoms with Crippen LogP contribution in [0.5, 0.6) is 0 Å². The maximum Gasteiger partial charge on any atom is 0.156 e. The molecule has 0 amide bonds. The van der Waals surface area contributed by atoms with Crippen molar-refractivity contribution in [2.24, 2.45) is 0 Å². The normalized spacial score (nSPS) is 10.1. The summed E-state index contributed by atoms with van der Waals surface area (Å²) in [4.78, 5) is 15.8. The van der Waals surface area contributed by atoms with Crippen LogP contribution >= 0.6 is 11.6 Å². The first-order valence-corrected chi connectivity index (χ1v) is 4.19. The predicted molar refractivity (Wildman–Crippen MR) is 52.5 cm³/mol. The van der Waals surface area contributed by atoms with Crippen LogP contribution in [0, 0.1) is 0 Å². The van der Waals surface area contributed by atoms with Gasteiger partial charge in [-0.3, -0.25) is 0 Å². The SMILES string of the molecule is Nc1cnc(-c2nccnc2Cl)cn1. The Morgan fingerprint density at radius 3 is 2.43 bits per heavy atom. The summed E-state index contributed by atoms with van der Waals surface area (Å²) in [6.45, 7) is 0. The Kier molecular flexibility index (Phi) is 2.24. The summed E-state index contributed by atoms with van der Waals surface area (Å²) in [6, 6.07) is 0.